The summed E-state index contributed by atoms with van der Waals surface area (Å²) in [7, 11) is 0. The molecule has 2 atom stereocenters. The fourth-order valence-electron chi connectivity index (χ4n) is 2.43. The minimum atomic E-state index is -0.401. The van der Waals surface area contributed by atoms with Crippen molar-refractivity contribution in [1.82, 2.24) is 9.88 Å². The lowest BCUT2D eigenvalue weighted by atomic mass is 9.99. The van der Waals surface area contributed by atoms with Gasteiger partial charge in [-0.1, -0.05) is 38.5 Å². The Morgan fingerprint density at radius 1 is 1.33 bits per heavy atom. The first-order valence-electron chi connectivity index (χ1n) is 7.70. The van der Waals surface area contributed by atoms with Gasteiger partial charge in [0.2, 0.25) is 5.91 Å². The van der Waals surface area contributed by atoms with Gasteiger partial charge in [0.05, 0.1) is 6.04 Å². The van der Waals surface area contributed by atoms with Crippen molar-refractivity contribution in [2.45, 2.75) is 39.3 Å². The van der Waals surface area contributed by atoms with Crippen LogP contribution in [-0.4, -0.2) is 23.1 Å². The van der Waals surface area contributed by atoms with Crippen molar-refractivity contribution in [3.8, 4) is 0 Å². The maximum absolute atomic E-state index is 11.9. The molecule has 0 saturated carbocycles. The van der Waals surface area contributed by atoms with Gasteiger partial charge >= 0.3 is 0 Å². The van der Waals surface area contributed by atoms with E-state index in [1.807, 2.05) is 19.1 Å². The number of carbonyl (C=O) groups excluding carboxylic acids is 1. The maximum atomic E-state index is 11.9. The van der Waals surface area contributed by atoms with E-state index in [-0.39, 0.29) is 11.8 Å². The molecule has 1 heterocycles. The first kappa shape index (κ1) is 15.6. The quantitative estimate of drug-likeness (QED) is 0.769. The minimum Gasteiger partial charge on any atom is -0.355 e. The van der Waals surface area contributed by atoms with Crippen LogP contribution in [0.2, 0.25) is 0 Å². The highest BCUT2D eigenvalue weighted by atomic mass is 16.2. The Morgan fingerprint density at radius 2 is 2.10 bits per heavy atom. The second-order valence-electron chi connectivity index (χ2n) is 5.62. The number of amides is 1. The first-order valence-corrected chi connectivity index (χ1v) is 7.70. The molecule has 1 amide bonds. The Bertz CT molecular complexity index is 590. The van der Waals surface area contributed by atoms with Crippen molar-refractivity contribution in [2.24, 2.45) is 11.7 Å². The standard InChI is InChI=1S/C17H25N3O/c1-3-13(2)16(18)17(21)19-10-6-11-20-12-9-14-7-4-5-8-15(14)20/h4-5,7-9,12-13,16H,3,6,10-11,18H2,1-2H3,(H,19,21)/t13?,16-/m0/s1. The van der Waals surface area contributed by atoms with Gasteiger partial charge < -0.3 is 15.6 Å². The molecule has 1 unspecified atom stereocenters. The van der Waals surface area contributed by atoms with Crippen molar-refractivity contribution in [3.63, 3.8) is 0 Å². The van der Waals surface area contributed by atoms with Gasteiger partial charge in [-0.3, -0.25) is 4.79 Å². The number of rotatable bonds is 7. The van der Waals surface area contributed by atoms with Crippen LogP contribution in [0.4, 0.5) is 0 Å². The van der Waals surface area contributed by atoms with Crippen molar-refractivity contribution >= 4 is 16.8 Å². The molecule has 3 N–H and O–H groups in total. The van der Waals surface area contributed by atoms with Crippen LogP contribution < -0.4 is 11.1 Å². The molecule has 0 bridgehead atoms. The Kier molecular flexibility index (Phi) is 5.39. The fourth-order valence-corrected chi connectivity index (χ4v) is 2.43. The van der Waals surface area contributed by atoms with Crippen LogP contribution in [0.5, 0.6) is 0 Å². The predicted octanol–water partition coefficient (Wildman–Crippen LogP) is 2.52. The van der Waals surface area contributed by atoms with Crippen LogP contribution in [0.25, 0.3) is 10.9 Å². The monoisotopic (exact) mass is 287 g/mol. The normalized spacial score (nSPS) is 14.0. The lowest BCUT2D eigenvalue weighted by Crippen LogP contribution is -2.44. The molecule has 1 aromatic carbocycles. The third kappa shape index (κ3) is 3.85. The smallest absolute Gasteiger partial charge is 0.237 e. The summed E-state index contributed by atoms with van der Waals surface area (Å²) in [5, 5.41) is 4.18. The second-order valence-corrected chi connectivity index (χ2v) is 5.62. The van der Waals surface area contributed by atoms with Crippen LogP contribution in [0.3, 0.4) is 0 Å². The lowest BCUT2D eigenvalue weighted by Gasteiger charge is -2.17. The molecule has 4 nitrogen and oxygen atoms in total. The molecule has 4 heteroatoms. The van der Waals surface area contributed by atoms with Crippen molar-refractivity contribution < 1.29 is 4.79 Å². The van der Waals surface area contributed by atoms with Gasteiger partial charge in [0.25, 0.3) is 0 Å². The molecule has 21 heavy (non-hydrogen) atoms. The number of carbonyl (C=O) groups is 1. The molecule has 2 rings (SSSR count). The molecule has 0 fully saturated rings. The molecule has 114 valence electrons. The van der Waals surface area contributed by atoms with E-state index in [1.165, 1.54) is 10.9 Å². The van der Waals surface area contributed by atoms with Crippen LogP contribution >= 0.6 is 0 Å². The van der Waals surface area contributed by atoms with E-state index >= 15 is 0 Å². The zero-order valence-corrected chi connectivity index (χ0v) is 12.9. The average Bonchev–Trinajstić information content (AvgIpc) is 2.93. The predicted molar refractivity (Wildman–Crippen MR) is 87.0 cm³/mol. The zero-order valence-electron chi connectivity index (χ0n) is 12.9. The summed E-state index contributed by atoms with van der Waals surface area (Å²) < 4.78 is 2.22. The maximum Gasteiger partial charge on any atom is 0.237 e. The van der Waals surface area contributed by atoms with Gasteiger partial charge in [-0.25, -0.2) is 0 Å². The Hall–Kier alpha value is -1.81. The number of nitrogens with one attached hydrogen (secondary N) is 1. The summed E-state index contributed by atoms with van der Waals surface area (Å²) in [6, 6.07) is 10.0. The number of hydrogen-bond acceptors (Lipinski definition) is 2. The molecule has 0 saturated heterocycles. The summed E-state index contributed by atoms with van der Waals surface area (Å²) in [5.41, 5.74) is 7.14. The van der Waals surface area contributed by atoms with E-state index in [0.29, 0.717) is 6.54 Å². The zero-order chi connectivity index (χ0) is 15.2. The van der Waals surface area contributed by atoms with E-state index in [4.69, 9.17) is 5.73 Å². The van der Waals surface area contributed by atoms with E-state index in [1.54, 1.807) is 0 Å². The van der Waals surface area contributed by atoms with E-state index in [0.717, 1.165) is 19.4 Å². The number of benzene rings is 1. The molecule has 0 spiro atoms. The molecule has 1 aromatic heterocycles. The molecular formula is C17H25N3O. The topological polar surface area (TPSA) is 60.1 Å². The number of hydrogen-bond donors (Lipinski definition) is 2. The van der Waals surface area contributed by atoms with E-state index in [2.05, 4.69) is 41.2 Å². The summed E-state index contributed by atoms with van der Waals surface area (Å²) in [5.74, 6) is 0.181. The number of para-hydroxylation sites is 1. The highest BCUT2D eigenvalue weighted by molar-refractivity contribution is 5.81. The molecule has 0 aliphatic heterocycles. The fraction of sp³-hybridized carbons (Fsp3) is 0.471. The number of nitrogens with two attached hydrogens (primary N) is 1. The van der Waals surface area contributed by atoms with Gasteiger partial charge in [0, 0.05) is 24.8 Å². The van der Waals surface area contributed by atoms with Crippen molar-refractivity contribution in [1.29, 1.82) is 0 Å². The number of nitrogens with zero attached hydrogens (tertiary/aromatic N) is 1. The molecule has 2 aromatic rings. The van der Waals surface area contributed by atoms with E-state index < -0.39 is 6.04 Å². The lowest BCUT2D eigenvalue weighted by molar-refractivity contribution is -0.123. The first-order chi connectivity index (χ1) is 10.1. The third-order valence-electron chi connectivity index (χ3n) is 4.11. The van der Waals surface area contributed by atoms with Gasteiger partial charge in [-0.2, -0.15) is 0 Å². The highest BCUT2D eigenvalue weighted by Gasteiger charge is 2.18. The molecular weight excluding hydrogens is 262 g/mol. The third-order valence-corrected chi connectivity index (χ3v) is 4.11. The Labute approximate surface area is 126 Å². The van der Waals surface area contributed by atoms with Crippen LogP contribution in [0.1, 0.15) is 26.7 Å². The molecule has 0 radical (unpaired) electrons. The summed E-state index contributed by atoms with van der Waals surface area (Å²) >= 11 is 0. The average molecular weight is 287 g/mol. The highest BCUT2D eigenvalue weighted by Crippen LogP contribution is 2.15. The SMILES string of the molecule is CCC(C)[C@H](N)C(=O)NCCCn1ccc2ccccc21. The summed E-state index contributed by atoms with van der Waals surface area (Å²) in [4.78, 5) is 11.9. The minimum absolute atomic E-state index is 0.0401. The van der Waals surface area contributed by atoms with Crippen LogP contribution in [-0.2, 0) is 11.3 Å². The van der Waals surface area contributed by atoms with Crippen LogP contribution in [0, 0.1) is 5.92 Å². The van der Waals surface area contributed by atoms with Gasteiger partial charge in [-0.05, 0) is 29.9 Å². The summed E-state index contributed by atoms with van der Waals surface area (Å²) in [6.45, 7) is 5.62. The Balaban J connectivity index is 1.78. The summed E-state index contributed by atoms with van der Waals surface area (Å²) in [6.07, 6.45) is 3.92. The molecule has 0 aliphatic rings. The van der Waals surface area contributed by atoms with Crippen molar-refractivity contribution in [3.05, 3.63) is 36.5 Å². The van der Waals surface area contributed by atoms with Crippen molar-refractivity contribution in [2.75, 3.05) is 6.54 Å². The van der Waals surface area contributed by atoms with Gasteiger partial charge in [0.1, 0.15) is 0 Å². The van der Waals surface area contributed by atoms with Gasteiger partial charge in [-0.15, -0.1) is 0 Å². The van der Waals surface area contributed by atoms with E-state index in [9.17, 15) is 4.79 Å². The largest absolute Gasteiger partial charge is 0.355 e. The number of aromatic nitrogens is 1. The molecule has 0 aliphatic carbocycles. The second kappa shape index (κ2) is 7.27. The van der Waals surface area contributed by atoms with Gasteiger partial charge in [0.15, 0.2) is 0 Å². The number of aryl methyl sites for hydroxylation is 1. The number of fused-ring (bicyclic) bond motifs is 1. The van der Waals surface area contributed by atoms with Crippen LogP contribution in [0.15, 0.2) is 36.5 Å². The Morgan fingerprint density at radius 3 is 2.86 bits per heavy atom.